The van der Waals surface area contributed by atoms with Gasteiger partial charge in [-0.2, -0.15) is 0 Å². The Morgan fingerprint density at radius 2 is 1.81 bits per heavy atom. The summed E-state index contributed by atoms with van der Waals surface area (Å²) in [6, 6.07) is 0. The van der Waals surface area contributed by atoms with E-state index < -0.39 is 0 Å². The molecule has 1 rings (SSSR count). The van der Waals surface area contributed by atoms with Gasteiger partial charge < -0.3 is 0 Å². The van der Waals surface area contributed by atoms with E-state index in [1.165, 1.54) is 24.3 Å². The van der Waals surface area contributed by atoms with Crippen LogP contribution < -0.4 is 0 Å². The van der Waals surface area contributed by atoms with Crippen LogP contribution in [-0.4, -0.2) is 40.6 Å². The van der Waals surface area contributed by atoms with Crippen molar-refractivity contribution in [3.8, 4) is 11.8 Å². The second-order valence-corrected chi connectivity index (χ2v) is 6.80. The van der Waals surface area contributed by atoms with E-state index in [-0.39, 0.29) is 0 Å². The summed E-state index contributed by atoms with van der Waals surface area (Å²) in [5.41, 5.74) is 0. The molecule has 1 aliphatic heterocycles. The Kier molecular flexibility index (Phi) is 8.28. The lowest BCUT2D eigenvalue weighted by atomic mass is 10.3. The zero-order chi connectivity index (χ0) is 11.6. The molecule has 0 unspecified atom stereocenters. The minimum Gasteiger partial charge on any atom is -0.293 e. The maximum absolute atomic E-state index is 3.31. The molecular formula is C13H23NS2. The number of hydrogen-bond donors (Lipinski definition) is 0. The van der Waals surface area contributed by atoms with Gasteiger partial charge in [-0.3, -0.25) is 4.90 Å². The van der Waals surface area contributed by atoms with E-state index in [0.717, 1.165) is 30.6 Å². The van der Waals surface area contributed by atoms with Gasteiger partial charge in [-0.1, -0.05) is 19.8 Å². The molecule has 1 heterocycles. The van der Waals surface area contributed by atoms with Gasteiger partial charge in [0.05, 0.1) is 11.1 Å². The number of thioether (sulfide) groups is 2. The van der Waals surface area contributed by atoms with Crippen LogP contribution in [0.1, 0.15) is 33.1 Å². The molecule has 0 saturated carbocycles. The molecule has 0 aliphatic carbocycles. The maximum Gasteiger partial charge on any atom is 0.0601 e. The van der Waals surface area contributed by atoms with Crippen LogP contribution >= 0.6 is 23.5 Å². The molecule has 1 fully saturated rings. The third-order valence-corrected chi connectivity index (χ3v) is 5.80. The summed E-state index contributed by atoms with van der Waals surface area (Å²) in [5.74, 6) is 9.30. The van der Waals surface area contributed by atoms with Gasteiger partial charge in [-0.25, -0.2) is 0 Å². The standard InChI is InChI=1S/C13H23NS2/c1-3-14(4-2)10-7-5-6-9-13-15-11-8-12-16-13/h13H,3-4,6,8-12H2,1-2H3. The molecule has 0 atom stereocenters. The van der Waals surface area contributed by atoms with Gasteiger partial charge in [-0.05, 0) is 37.4 Å². The van der Waals surface area contributed by atoms with Crippen molar-refractivity contribution in [1.29, 1.82) is 0 Å². The van der Waals surface area contributed by atoms with Gasteiger partial charge in [0.15, 0.2) is 0 Å². The maximum atomic E-state index is 3.31. The highest BCUT2D eigenvalue weighted by Gasteiger charge is 2.12. The fraction of sp³-hybridized carbons (Fsp3) is 0.846. The van der Waals surface area contributed by atoms with Crippen molar-refractivity contribution in [3.63, 3.8) is 0 Å². The van der Waals surface area contributed by atoms with E-state index in [4.69, 9.17) is 0 Å². The molecule has 0 radical (unpaired) electrons. The molecule has 0 N–H and O–H groups in total. The highest BCUT2D eigenvalue weighted by Crippen LogP contribution is 2.33. The summed E-state index contributed by atoms with van der Waals surface area (Å²) in [6.07, 6.45) is 3.73. The lowest BCUT2D eigenvalue weighted by Crippen LogP contribution is -2.22. The predicted octanol–water partition coefficient (Wildman–Crippen LogP) is 3.31. The molecule has 0 aromatic heterocycles. The topological polar surface area (TPSA) is 3.24 Å². The van der Waals surface area contributed by atoms with Crippen LogP contribution in [0.3, 0.4) is 0 Å². The Morgan fingerprint density at radius 3 is 2.44 bits per heavy atom. The Bertz CT molecular complexity index is 222. The van der Waals surface area contributed by atoms with Gasteiger partial charge in [0.25, 0.3) is 0 Å². The molecular weight excluding hydrogens is 234 g/mol. The Morgan fingerprint density at radius 1 is 1.12 bits per heavy atom. The summed E-state index contributed by atoms with van der Waals surface area (Å²) in [7, 11) is 0. The molecule has 0 spiro atoms. The minimum atomic E-state index is 0.816. The lowest BCUT2D eigenvalue weighted by molar-refractivity contribution is 0.342. The summed E-state index contributed by atoms with van der Waals surface area (Å²) in [5, 5.41) is 0. The third-order valence-electron chi connectivity index (χ3n) is 2.72. The molecule has 0 bridgehead atoms. The number of nitrogens with zero attached hydrogens (tertiary/aromatic N) is 1. The van der Waals surface area contributed by atoms with E-state index in [1.807, 2.05) is 0 Å². The molecule has 1 aliphatic rings. The van der Waals surface area contributed by atoms with Crippen molar-refractivity contribution in [1.82, 2.24) is 4.90 Å². The van der Waals surface area contributed by atoms with Crippen molar-refractivity contribution < 1.29 is 0 Å². The minimum absolute atomic E-state index is 0.816. The van der Waals surface area contributed by atoms with Crippen LogP contribution in [0.15, 0.2) is 0 Å². The smallest absolute Gasteiger partial charge is 0.0601 e. The lowest BCUT2D eigenvalue weighted by Gasteiger charge is -2.19. The fourth-order valence-electron chi connectivity index (χ4n) is 1.60. The van der Waals surface area contributed by atoms with Crippen LogP contribution in [0.25, 0.3) is 0 Å². The first kappa shape index (κ1) is 14.3. The number of hydrogen-bond acceptors (Lipinski definition) is 3. The van der Waals surface area contributed by atoms with Crippen molar-refractivity contribution in [2.45, 2.75) is 37.7 Å². The zero-order valence-corrected chi connectivity index (χ0v) is 12.1. The molecule has 1 nitrogen and oxygen atoms in total. The van der Waals surface area contributed by atoms with Crippen LogP contribution in [-0.2, 0) is 0 Å². The first-order valence-corrected chi connectivity index (χ1v) is 8.37. The Labute approximate surface area is 109 Å². The van der Waals surface area contributed by atoms with Crippen LogP contribution in [0.4, 0.5) is 0 Å². The third kappa shape index (κ3) is 6.08. The molecule has 0 amide bonds. The van der Waals surface area contributed by atoms with Crippen LogP contribution in [0, 0.1) is 11.8 Å². The number of rotatable bonds is 5. The Balaban J connectivity index is 2.07. The normalized spacial score (nSPS) is 17.2. The molecule has 3 heteroatoms. The van der Waals surface area contributed by atoms with E-state index in [9.17, 15) is 0 Å². The van der Waals surface area contributed by atoms with Gasteiger partial charge in [-0.15, -0.1) is 29.4 Å². The van der Waals surface area contributed by atoms with Crippen LogP contribution in [0.2, 0.25) is 0 Å². The summed E-state index contributed by atoms with van der Waals surface area (Å²) < 4.78 is 0.816. The van der Waals surface area contributed by atoms with Crippen molar-refractivity contribution in [2.75, 3.05) is 31.1 Å². The highest BCUT2D eigenvalue weighted by atomic mass is 32.2. The quantitative estimate of drug-likeness (QED) is 0.696. The monoisotopic (exact) mass is 257 g/mol. The molecule has 92 valence electrons. The predicted molar refractivity (Wildman–Crippen MR) is 78.1 cm³/mol. The van der Waals surface area contributed by atoms with E-state index in [2.05, 4.69) is 54.1 Å². The average molecular weight is 257 g/mol. The van der Waals surface area contributed by atoms with Crippen molar-refractivity contribution >= 4 is 23.5 Å². The van der Waals surface area contributed by atoms with Crippen molar-refractivity contribution in [2.24, 2.45) is 0 Å². The first-order valence-electron chi connectivity index (χ1n) is 6.28. The summed E-state index contributed by atoms with van der Waals surface area (Å²) in [4.78, 5) is 2.36. The molecule has 1 saturated heterocycles. The SMILES string of the molecule is CCN(CC)CC#CCCC1SCCCS1. The molecule has 0 aromatic carbocycles. The molecule has 0 aromatic rings. The van der Waals surface area contributed by atoms with E-state index in [0.29, 0.717) is 0 Å². The largest absolute Gasteiger partial charge is 0.293 e. The molecule has 16 heavy (non-hydrogen) atoms. The van der Waals surface area contributed by atoms with Crippen LogP contribution in [0.5, 0.6) is 0 Å². The Hall–Kier alpha value is 0.220. The summed E-state index contributed by atoms with van der Waals surface area (Å²) in [6.45, 7) is 7.55. The van der Waals surface area contributed by atoms with Gasteiger partial charge in [0.1, 0.15) is 0 Å². The average Bonchev–Trinajstić information content (AvgIpc) is 2.35. The van der Waals surface area contributed by atoms with Gasteiger partial charge in [0.2, 0.25) is 0 Å². The first-order chi connectivity index (χ1) is 7.86. The second kappa shape index (κ2) is 9.27. The summed E-state index contributed by atoms with van der Waals surface area (Å²) >= 11 is 4.24. The highest BCUT2D eigenvalue weighted by molar-refractivity contribution is 8.17. The fourth-order valence-corrected chi connectivity index (χ4v) is 4.46. The van der Waals surface area contributed by atoms with Gasteiger partial charge in [0, 0.05) is 6.42 Å². The van der Waals surface area contributed by atoms with E-state index in [1.54, 1.807) is 0 Å². The van der Waals surface area contributed by atoms with E-state index >= 15 is 0 Å². The van der Waals surface area contributed by atoms with Gasteiger partial charge >= 0.3 is 0 Å². The second-order valence-electron chi connectivity index (χ2n) is 3.88. The van der Waals surface area contributed by atoms with Crippen molar-refractivity contribution in [3.05, 3.63) is 0 Å². The zero-order valence-electron chi connectivity index (χ0n) is 10.5.